The van der Waals surface area contributed by atoms with Gasteiger partial charge < -0.3 is 10.1 Å². The van der Waals surface area contributed by atoms with Crippen LogP contribution < -0.4 is 10.1 Å². The first-order chi connectivity index (χ1) is 10.0. The quantitative estimate of drug-likeness (QED) is 0.739. The van der Waals surface area contributed by atoms with Crippen molar-refractivity contribution in [2.75, 3.05) is 6.54 Å². The highest BCUT2D eigenvalue weighted by atomic mass is 79.9. The summed E-state index contributed by atoms with van der Waals surface area (Å²) in [6.45, 7) is 7.87. The van der Waals surface area contributed by atoms with Gasteiger partial charge in [0.25, 0.3) is 0 Å². The van der Waals surface area contributed by atoms with Crippen LogP contribution in [0, 0.1) is 13.8 Å². The molecule has 2 aromatic rings. The van der Waals surface area contributed by atoms with Crippen LogP contribution in [0.3, 0.4) is 0 Å². The fourth-order valence-electron chi connectivity index (χ4n) is 2.10. The van der Waals surface area contributed by atoms with Crippen LogP contribution in [0.15, 0.2) is 34.8 Å². The first-order valence-corrected chi connectivity index (χ1v) is 8.12. The van der Waals surface area contributed by atoms with E-state index in [9.17, 15) is 0 Å². The molecule has 0 radical (unpaired) electrons. The van der Waals surface area contributed by atoms with Gasteiger partial charge in [-0.2, -0.15) is 0 Å². The Morgan fingerprint density at radius 1 is 1.14 bits per heavy atom. The summed E-state index contributed by atoms with van der Waals surface area (Å²) in [5.74, 6) is 1.60. The molecule has 112 valence electrons. The molecule has 0 saturated heterocycles. The zero-order valence-corrected chi connectivity index (χ0v) is 14.8. The largest absolute Gasteiger partial charge is 0.456 e. The van der Waals surface area contributed by atoms with E-state index in [1.165, 1.54) is 5.56 Å². The van der Waals surface area contributed by atoms with Gasteiger partial charge in [0.05, 0.1) is 4.47 Å². The van der Waals surface area contributed by atoms with Crippen LogP contribution >= 0.6 is 27.5 Å². The second kappa shape index (κ2) is 7.30. The van der Waals surface area contributed by atoms with Gasteiger partial charge in [-0.25, -0.2) is 0 Å². The predicted octanol–water partition coefficient (Wildman–Crippen LogP) is 5.62. The Hall–Kier alpha value is -1.03. The molecule has 0 spiro atoms. The van der Waals surface area contributed by atoms with E-state index in [1.807, 2.05) is 32.0 Å². The Labute approximate surface area is 139 Å². The molecule has 0 aliphatic heterocycles. The summed E-state index contributed by atoms with van der Waals surface area (Å²) in [5.41, 5.74) is 3.26. The van der Waals surface area contributed by atoms with Crippen molar-refractivity contribution in [1.82, 2.24) is 5.32 Å². The molecule has 1 N–H and O–H groups in total. The first kappa shape index (κ1) is 16.3. The lowest BCUT2D eigenvalue weighted by Crippen LogP contribution is -2.11. The second-order valence-electron chi connectivity index (χ2n) is 5.02. The molecule has 0 heterocycles. The smallest absolute Gasteiger partial charge is 0.141 e. The van der Waals surface area contributed by atoms with E-state index in [0.29, 0.717) is 0 Å². The topological polar surface area (TPSA) is 21.3 Å². The zero-order valence-electron chi connectivity index (χ0n) is 12.5. The highest BCUT2D eigenvalue weighted by Crippen LogP contribution is 2.33. The van der Waals surface area contributed by atoms with Gasteiger partial charge in [-0.15, -0.1) is 0 Å². The molecular weight excluding hydrogens is 350 g/mol. The Kier molecular flexibility index (Phi) is 5.68. The van der Waals surface area contributed by atoms with Crippen LogP contribution in [0.4, 0.5) is 0 Å². The van der Waals surface area contributed by atoms with Gasteiger partial charge in [0.2, 0.25) is 0 Å². The normalized spacial score (nSPS) is 10.7. The molecule has 2 rings (SSSR count). The van der Waals surface area contributed by atoms with E-state index in [1.54, 1.807) is 0 Å². The van der Waals surface area contributed by atoms with Crippen LogP contribution in [0.2, 0.25) is 5.02 Å². The van der Waals surface area contributed by atoms with Crippen LogP contribution in [-0.4, -0.2) is 6.54 Å². The Bertz CT molecular complexity index is 620. The van der Waals surface area contributed by atoms with E-state index < -0.39 is 0 Å². The Morgan fingerprint density at radius 2 is 1.81 bits per heavy atom. The molecule has 0 amide bonds. The van der Waals surface area contributed by atoms with Gasteiger partial charge in [0.1, 0.15) is 11.5 Å². The molecule has 0 unspecified atom stereocenters. The summed E-state index contributed by atoms with van der Waals surface area (Å²) < 4.78 is 6.91. The van der Waals surface area contributed by atoms with Gasteiger partial charge in [0.15, 0.2) is 0 Å². The summed E-state index contributed by atoms with van der Waals surface area (Å²) in [7, 11) is 0. The number of ether oxygens (including phenoxy) is 1. The fraction of sp³-hybridized carbons (Fsp3) is 0.294. The third-order valence-electron chi connectivity index (χ3n) is 3.21. The van der Waals surface area contributed by atoms with Crippen LogP contribution in [0.5, 0.6) is 11.5 Å². The minimum absolute atomic E-state index is 0.794. The lowest BCUT2D eigenvalue weighted by atomic mass is 10.1. The molecule has 0 atom stereocenters. The van der Waals surface area contributed by atoms with Crippen molar-refractivity contribution in [3.8, 4) is 11.5 Å². The number of hydrogen-bond acceptors (Lipinski definition) is 2. The molecule has 0 saturated carbocycles. The zero-order chi connectivity index (χ0) is 15.4. The van der Waals surface area contributed by atoms with E-state index in [2.05, 4.69) is 40.3 Å². The summed E-state index contributed by atoms with van der Waals surface area (Å²) in [6, 6.07) is 10.0. The standard InChI is InChI=1S/C17H19BrClNO/c1-4-20-10-13-5-6-16(15(18)9-13)21-14-7-11(2)17(19)12(3)8-14/h5-9,20H,4,10H2,1-3H3. The minimum Gasteiger partial charge on any atom is -0.456 e. The average Bonchev–Trinajstić information content (AvgIpc) is 2.45. The summed E-state index contributed by atoms with van der Waals surface area (Å²) >= 11 is 9.75. The molecule has 0 bridgehead atoms. The van der Waals surface area contributed by atoms with Crippen molar-refractivity contribution in [3.63, 3.8) is 0 Å². The monoisotopic (exact) mass is 367 g/mol. The van der Waals surface area contributed by atoms with Crippen molar-refractivity contribution in [2.45, 2.75) is 27.3 Å². The molecule has 2 aromatic carbocycles. The Balaban J connectivity index is 2.20. The average molecular weight is 369 g/mol. The number of hydrogen-bond donors (Lipinski definition) is 1. The van der Waals surface area contributed by atoms with Crippen molar-refractivity contribution in [3.05, 3.63) is 56.5 Å². The van der Waals surface area contributed by atoms with E-state index in [0.717, 1.165) is 45.2 Å². The maximum atomic E-state index is 6.18. The molecule has 0 aromatic heterocycles. The van der Waals surface area contributed by atoms with Crippen molar-refractivity contribution >= 4 is 27.5 Å². The predicted molar refractivity (Wildman–Crippen MR) is 92.5 cm³/mol. The summed E-state index contributed by atoms with van der Waals surface area (Å²) in [4.78, 5) is 0. The first-order valence-electron chi connectivity index (χ1n) is 6.95. The van der Waals surface area contributed by atoms with Gasteiger partial charge >= 0.3 is 0 Å². The van der Waals surface area contributed by atoms with Crippen LogP contribution in [-0.2, 0) is 6.54 Å². The van der Waals surface area contributed by atoms with Crippen LogP contribution in [0.1, 0.15) is 23.6 Å². The van der Waals surface area contributed by atoms with Crippen molar-refractivity contribution in [2.24, 2.45) is 0 Å². The second-order valence-corrected chi connectivity index (χ2v) is 6.25. The number of rotatable bonds is 5. The highest BCUT2D eigenvalue weighted by Gasteiger charge is 2.07. The van der Waals surface area contributed by atoms with Gasteiger partial charge in [-0.1, -0.05) is 24.6 Å². The number of benzene rings is 2. The van der Waals surface area contributed by atoms with Gasteiger partial charge in [0, 0.05) is 11.6 Å². The van der Waals surface area contributed by atoms with E-state index in [4.69, 9.17) is 16.3 Å². The lowest BCUT2D eigenvalue weighted by molar-refractivity contribution is 0.478. The summed E-state index contributed by atoms with van der Waals surface area (Å²) in [6.07, 6.45) is 0. The maximum Gasteiger partial charge on any atom is 0.141 e. The minimum atomic E-state index is 0.794. The highest BCUT2D eigenvalue weighted by molar-refractivity contribution is 9.10. The summed E-state index contributed by atoms with van der Waals surface area (Å²) in [5, 5.41) is 4.10. The fourth-order valence-corrected chi connectivity index (χ4v) is 2.71. The number of nitrogens with one attached hydrogen (secondary N) is 1. The molecule has 21 heavy (non-hydrogen) atoms. The molecular formula is C17H19BrClNO. The van der Waals surface area contributed by atoms with Crippen LogP contribution in [0.25, 0.3) is 0 Å². The van der Waals surface area contributed by atoms with Gasteiger partial charge in [-0.05, 0) is 77.3 Å². The molecule has 4 heteroatoms. The third kappa shape index (κ3) is 4.22. The van der Waals surface area contributed by atoms with Crippen molar-refractivity contribution in [1.29, 1.82) is 0 Å². The van der Waals surface area contributed by atoms with Crippen molar-refractivity contribution < 1.29 is 4.74 Å². The van der Waals surface area contributed by atoms with E-state index >= 15 is 0 Å². The molecule has 0 fully saturated rings. The maximum absolute atomic E-state index is 6.18. The molecule has 0 aliphatic carbocycles. The van der Waals surface area contributed by atoms with E-state index in [-0.39, 0.29) is 0 Å². The number of halogens is 2. The third-order valence-corrected chi connectivity index (χ3v) is 4.43. The molecule has 2 nitrogen and oxygen atoms in total. The SMILES string of the molecule is CCNCc1ccc(Oc2cc(C)c(Cl)c(C)c2)c(Br)c1. The lowest BCUT2D eigenvalue weighted by Gasteiger charge is -2.12. The Morgan fingerprint density at radius 3 is 2.38 bits per heavy atom. The number of aryl methyl sites for hydroxylation is 2. The van der Waals surface area contributed by atoms with Gasteiger partial charge in [-0.3, -0.25) is 0 Å². The molecule has 0 aliphatic rings.